The predicted octanol–water partition coefficient (Wildman–Crippen LogP) is 3.37. The van der Waals surface area contributed by atoms with E-state index < -0.39 is 11.9 Å². The lowest BCUT2D eigenvalue weighted by Crippen LogP contribution is -2.15. The summed E-state index contributed by atoms with van der Waals surface area (Å²) in [5.41, 5.74) is 5.65. The number of aromatic nitrogens is 2. The van der Waals surface area contributed by atoms with Crippen molar-refractivity contribution in [2.24, 2.45) is 12.8 Å². The van der Waals surface area contributed by atoms with E-state index in [1.165, 1.54) is 6.07 Å². The minimum absolute atomic E-state index is 0. The van der Waals surface area contributed by atoms with Crippen LogP contribution in [0.1, 0.15) is 30.3 Å². The van der Waals surface area contributed by atoms with Gasteiger partial charge in [-0.1, -0.05) is 11.6 Å². The molecule has 8 heteroatoms. The van der Waals surface area contributed by atoms with Crippen molar-refractivity contribution in [1.29, 1.82) is 5.26 Å². The summed E-state index contributed by atoms with van der Waals surface area (Å²) in [5, 5.41) is 9.04. The molecule has 0 unspecified atom stereocenters. The average Bonchev–Trinajstić information content (AvgIpc) is 2.92. The van der Waals surface area contributed by atoms with Crippen molar-refractivity contribution in [2.45, 2.75) is 18.9 Å². The Bertz CT molecular complexity index is 699. The van der Waals surface area contributed by atoms with Crippen molar-refractivity contribution >= 4 is 24.0 Å². The number of hydrogen-bond donors (Lipinski definition) is 1. The Balaban J connectivity index is 0.00000264. The molecule has 1 atom stereocenters. The summed E-state index contributed by atoms with van der Waals surface area (Å²) in [7, 11) is 1.85. The molecule has 0 bridgehead atoms. The van der Waals surface area contributed by atoms with Crippen molar-refractivity contribution in [1.82, 2.24) is 9.55 Å². The van der Waals surface area contributed by atoms with Gasteiger partial charge >= 0.3 is 0 Å². The first-order valence-electron chi connectivity index (χ1n) is 6.80. The molecular formula is C15H17Cl2FN4O. The quantitative estimate of drug-likeness (QED) is 0.858. The molecule has 124 valence electrons. The van der Waals surface area contributed by atoms with Gasteiger partial charge in [-0.05, 0) is 25.5 Å². The summed E-state index contributed by atoms with van der Waals surface area (Å²) in [6, 6.07) is 4.29. The summed E-state index contributed by atoms with van der Waals surface area (Å²) < 4.78 is 21.2. The second-order valence-corrected chi connectivity index (χ2v) is 5.22. The van der Waals surface area contributed by atoms with Crippen LogP contribution in [0, 0.1) is 17.1 Å². The van der Waals surface area contributed by atoms with E-state index in [-0.39, 0.29) is 28.7 Å². The van der Waals surface area contributed by atoms with Crippen molar-refractivity contribution in [3.63, 3.8) is 0 Å². The largest absolute Gasteiger partial charge is 0.481 e. The summed E-state index contributed by atoms with van der Waals surface area (Å²) in [6.45, 7) is 0.513. The van der Waals surface area contributed by atoms with Crippen molar-refractivity contribution in [2.75, 3.05) is 6.54 Å². The molecular weight excluding hydrogens is 342 g/mol. The molecule has 0 amide bonds. The predicted molar refractivity (Wildman–Crippen MR) is 88.2 cm³/mol. The van der Waals surface area contributed by atoms with E-state index in [1.54, 1.807) is 12.4 Å². The molecule has 0 fully saturated rings. The summed E-state index contributed by atoms with van der Waals surface area (Å²) in [6.07, 6.45) is 4.43. The Morgan fingerprint density at radius 2 is 2.26 bits per heavy atom. The fraction of sp³-hybridized carbons (Fsp3) is 0.333. The van der Waals surface area contributed by atoms with Gasteiger partial charge in [-0.3, -0.25) is 0 Å². The van der Waals surface area contributed by atoms with E-state index in [1.807, 2.05) is 17.7 Å². The number of benzene rings is 1. The molecule has 0 aliphatic heterocycles. The Kier molecular flexibility index (Phi) is 7.30. The van der Waals surface area contributed by atoms with Crippen LogP contribution in [0.25, 0.3) is 0 Å². The lowest BCUT2D eigenvalue weighted by Gasteiger charge is -2.19. The molecule has 5 nitrogen and oxygen atoms in total. The Morgan fingerprint density at radius 3 is 2.83 bits per heavy atom. The first-order chi connectivity index (χ1) is 10.6. The van der Waals surface area contributed by atoms with E-state index in [9.17, 15) is 4.39 Å². The Labute approximate surface area is 145 Å². The number of hydrogen-bond acceptors (Lipinski definition) is 4. The van der Waals surface area contributed by atoms with Gasteiger partial charge < -0.3 is 15.0 Å². The van der Waals surface area contributed by atoms with Crippen LogP contribution >= 0.6 is 24.0 Å². The lowest BCUT2D eigenvalue weighted by atomic mass is 10.1. The highest BCUT2D eigenvalue weighted by molar-refractivity contribution is 6.30. The molecule has 2 rings (SSSR count). The molecule has 0 saturated heterocycles. The SMILES string of the molecule is Cl.Cn1ccnc1[C@@H](CCCN)Oc1cc(Cl)c(F)cc1C#N. The average molecular weight is 359 g/mol. The number of imidazole rings is 1. The van der Waals surface area contributed by atoms with Crippen LogP contribution in [0.3, 0.4) is 0 Å². The molecule has 0 aliphatic carbocycles. The van der Waals surface area contributed by atoms with E-state index in [0.29, 0.717) is 18.8 Å². The third-order valence-electron chi connectivity index (χ3n) is 3.23. The normalized spacial score (nSPS) is 11.4. The Hall–Kier alpha value is -1.81. The monoisotopic (exact) mass is 358 g/mol. The molecule has 0 aliphatic rings. The molecule has 0 saturated carbocycles. The maximum atomic E-state index is 13.5. The highest BCUT2D eigenvalue weighted by atomic mass is 35.5. The van der Waals surface area contributed by atoms with Gasteiger partial charge in [0.15, 0.2) is 6.10 Å². The standard InChI is InChI=1S/C15H16ClFN4O.ClH/c1-21-6-5-20-15(21)13(3-2-4-18)22-14-8-11(16)12(17)7-10(14)9-19;/h5-8,13H,2-4,18H2,1H3;1H/t13-;/m1./s1. The molecule has 1 aromatic carbocycles. The first-order valence-corrected chi connectivity index (χ1v) is 7.17. The molecule has 1 aromatic heterocycles. The highest BCUT2D eigenvalue weighted by Gasteiger charge is 2.20. The number of nitrogens with zero attached hydrogens (tertiary/aromatic N) is 3. The van der Waals surface area contributed by atoms with Crippen molar-refractivity contribution < 1.29 is 9.13 Å². The van der Waals surface area contributed by atoms with Crippen molar-refractivity contribution in [3.8, 4) is 11.8 Å². The van der Waals surface area contributed by atoms with Crippen LogP contribution < -0.4 is 10.5 Å². The fourth-order valence-electron chi connectivity index (χ4n) is 2.10. The highest BCUT2D eigenvalue weighted by Crippen LogP contribution is 2.31. The van der Waals surface area contributed by atoms with Crippen LogP contribution in [0.15, 0.2) is 24.5 Å². The zero-order chi connectivity index (χ0) is 16.1. The molecule has 1 heterocycles. The maximum absolute atomic E-state index is 13.5. The summed E-state index contributed by atoms with van der Waals surface area (Å²) in [4.78, 5) is 4.27. The minimum atomic E-state index is -0.652. The first kappa shape index (κ1) is 19.2. The van der Waals surface area contributed by atoms with Gasteiger partial charge in [0.05, 0.1) is 10.6 Å². The smallest absolute Gasteiger partial charge is 0.156 e. The second-order valence-electron chi connectivity index (χ2n) is 4.81. The number of halogens is 3. The zero-order valence-corrected chi connectivity index (χ0v) is 14.1. The van der Waals surface area contributed by atoms with E-state index >= 15 is 0 Å². The third-order valence-corrected chi connectivity index (χ3v) is 3.52. The van der Waals surface area contributed by atoms with Gasteiger partial charge in [0, 0.05) is 25.5 Å². The number of aryl methyl sites for hydroxylation is 1. The fourth-order valence-corrected chi connectivity index (χ4v) is 2.25. The number of ether oxygens (including phenoxy) is 1. The van der Waals surface area contributed by atoms with Gasteiger partial charge in [-0.2, -0.15) is 5.26 Å². The van der Waals surface area contributed by atoms with Crippen LogP contribution in [-0.4, -0.2) is 16.1 Å². The lowest BCUT2D eigenvalue weighted by molar-refractivity contribution is 0.178. The summed E-state index contributed by atoms with van der Waals surface area (Å²) in [5.74, 6) is 0.290. The van der Waals surface area contributed by atoms with Gasteiger partial charge in [-0.25, -0.2) is 9.37 Å². The topological polar surface area (TPSA) is 76.9 Å². The number of nitrogens with two attached hydrogens (primary N) is 1. The molecule has 2 aromatic rings. The Morgan fingerprint density at radius 1 is 1.52 bits per heavy atom. The molecule has 0 radical (unpaired) electrons. The summed E-state index contributed by atoms with van der Waals surface area (Å²) >= 11 is 5.78. The number of rotatable bonds is 6. The minimum Gasteiger partial charge on any atom is -0.481 e. The van der Waals surface area contributed by atoms with Crippen LogP contribution in [-0.2, 0) is 7.05 Å². The van der Waals surface area contributed by atoms with Gasteiger partial charge in [0.25, 0.3) is 0 Å². The van der Waals surface area contributed by atoms with Gasteiger partial charge in [0.2, 0.25) is 0 Å². The van der Waals surface area contributed by atoms with E-state index in [2.05, 4.69) is 4.98 Å². The third kappa shape index (κ3) is 4.58. The van der Waals surface area contributed by atoms with Crippen LogP contribution in [0.2, 0.25) is 5.02 Å². The maximum Gasteiger partial charge on any atom is 0.156 e. The zero-order valence-electron chi connectivity index (χ0n) is 12.5. The van der Waals surface area contributed by atoms with Crippen LogP contribution in [0.4, 0.5) is 4.39 Å². The molecule has 2 N–H and O–H groups in total. The van der Waals surface area contributed by atoms with Gasteiger partial charge in [-0.15, -0.1) is 12.4 Å². The van der Waals surface area contributed by atoms with Crippen molar-refractivity contribution in [3.05, 3.63) is 46.8 Å². The van der Waals surface area contributed by atoms with E-state index in [4.69, 9.17) is 27.3 Å². The molecule has 0 spiro atoms. The second kappa shape index (κ2) is 8.73. The van der Waals surface area contributed by atoms with Crippen LogP contribution in [0.5, 0.6) is 5.75 Å². The van der Waals surface area contributed by atoms with E-state index in [0.717, 1.165) is 12.5 Å². The van der Waals surface area contributed by atoms with Gasteiger partial charge in [0.1, 0.15) is 23.5 Å². The molecule has 23 heavy (non-hydrogen) atoms. The number of nitriles is 1.